The van der Waals surface area contributed by atoms with E-state index in [0.29, 0.717) is 22.2 Å². The zero-order chi connectivity index (χ0) is 26.7. The zero-order valence-corrected chi connectivity index (χ0v) is 22.5. The van der Waals surface area contributed by atoms with Crippen molar-refractivity contribution in [1.29, 1.82) is 0 Å². The molecule has 1 aliphatic heterocycles. The van der Waals surface area contributed by atoms with E-state index in [1.165, 1.54) is 0 Å². The van der Waals surface area contributed by atoms with E-state index in [9.17, 15) is 14.4 Å². The molecule has 37 heavy (non-hydrogen) atoms. The molecule has 3 rings (SSSR count). The third-order valence-corrected chi connectivity index (χ3v) is 7.19. The molecule has 0 radical (unpaired) electrons. The predicted octanol–water partition coefficient (Wildman–Crippen LogP) is 5.41. The van der Waals surface area contributed by atoms with Crippen molar-refractivity contribution in [2.75, 3.05) is 31.6 Å². The van der Waals surface area contributed by atoms with Gasteiger partial charge in [-0.25, -0.2) is 9.59 Å². The highest BCUT2D eigenvalue weighted by Crippen LogP contribution is 2.28. The number of anilines is 1. The summed E-state index contributed by atoms with van der Waals surface area (Å²) in [5.74, 6) is -0.918. The van der Waals surface area contributed by atoms with Crippen molar-refractivity contribution in [2.24, 2.45) is 0 Å². The lowest BCUT2D eigenvalue weighted by atomic mass is 10.0. The monoisotopic (exact) mass is 509 g/mol. The van der Waals surface area contributed by atoms with Crippen molar-refractivity contribution >= 4 is 23.5 Å². The van der Waals surface area contributed by atoms with Crippen LogP contribution in [0.25, 0.3) is 0 Å². The molecule has 1 atom stereocenters. The van der Waals surface area contributed by atoms with E-state index in [2.05, 4.69) is 12.2 Å². The molecule has 7 heteroatoms. The molecule has 1 fully saturated rings. The summed E-state index contributed by atoms with van der Waals surface area (Å²) in [6.07, 6.45) is 5.53. The van der Waals surface area contributed by atoms with Crippen LogP contribution in [-0.4, -0.2) is 54.6 Å². The second-order valence-corrected chi connectivity index (χ2v) is 9.90. The number of ether oxygens (including phenoxy) is 2. The minimum Gasteiger partial charge on any atom is -0.462 e. The van der Waals surface area contributed by atoms with Gasteiger partial charge < -0.3 is 19.3 Å². The smallest absolute Gasteiger partial charge is 0.362 e. The number of likely N-dealkylation sites (tertiary alicyclic amines) is 1. The molecule has 0 bridgehead atoms. The molecule has 2 aromatic rings. The zero-order valence-electron chi connectivity index (χ0n) is 22.5. The fourth-order valence-electron chi connectivity index (χ4n) is 5.29. The molecule has 1 saturated heterocycles. The molecule has 1 N–H and O–H groups in total. The quantitative estimate of drug-likeness (QED) is 0.323. The van der Waals surface area contributed by atoms with Crippen molar-refractivity contribution in [2.45, 2.75) is 71.9 Å². The minimum absolute atomic E-state index is 0.156. The molecule has 1 amide bonds. The molecular formula is C30H41N2O5+. The Balaban J connectivity index is 1.86. The van der Waals surface area contributed by atoms with Crippen LogP contribution in [0, 0.1) is 6.92 Å². The molecule has 1 unspecified atom stereocenters. The van der Waals surface area contributed by atoms with Gasteiger partial charge in [0.2, 0.25) is 0 Å². The van der Waals surface area contributed by atoms with Gasteiger partial charge in [0.05, 0.1) is 30.9 Å². The van der Waals surface area contributed by atoms with Crippen molar-refractivity contribution in [3.63, 3.8) is 0 Å². The number of aryl methyl sites for hydroxylation is 1. The lowest BCUT2D eigenvalue weighted by Crippen LogP contribution is -2.62. The molecule has 0 saturated carbocycles. The maximum atomic E-state index is 13.9. The molecule has 0 aliphatic carbocycles. The summed E-state index contributed by atoms with van der Waals surface area (Å²) in [6.45, 7) is 7.80. The van der Waals surface area contributed by atoms with Crippen LogP contribution in [0.5, 0.6) is 0 Å². The highest BCUT2D eigenvalue weighted by atomic mass is 16.5. The molecule has 2 aromatic carbocycles. The maximum absolute atomic E-state index is 13.9. The van der Waals surface area contributed by atoms with Crippen molar-refractivity contribution in [3.8, 4) is 0 Å². The number of hydrogen-bond acceptors (Lipinski definition) is 5. The average Bonchev–Trinajstić information content (AvgIpc) is 3.14. The number of rotatable bonds is 11. The van der Waals surface area contributed by atoms with Crippen molar-refractivity contribution in [3.05, 3.63) is 65.2 Å². The van der Waals surface area contributed by atoms with E-state index in [-0.39, 0.29) is 31.6 Å². The third-order valence-electron chi connectivity index (χ3n) is 7.19. The van der Waals surface area contributed by atoms with Gasteiger partial charge in [-0.05, 0) is 63.1 Å². The highest BCUT2D eigenvalue weighted by Gasteiger charge is 2.44. The van der Waals surface area contributed by atoms with E-state index in [1.54, 1.807) is 19.1 Å². The van der Waals surface area contributed by atoms with E-state index in [1.807, 2.05) is 43.3 Å². The van der Waals surface area contributed by atoms with Crippen LogP contribution in [0.15, 0.2) is 48.5 Å². The lowest BCUT2D eigenvalue weighted by Gasteiger charge is -2.42. The fraction of sp³-hybridized carbons (Fsp3) is 0.500. The Morgan fingerprint density at radius 3 is 2.27 bits per heavy atom. The van der Waals surface area contributed by atoms with Crippen LogP contribution in [0.4, 0.5) is 5.69 Å². The number of amides is 1. The van der Waals surface area contributed by atoms with Gasteiger partial charge in [-0.2, -0.15) is 0 Å². The van der Waals surface area contributed by atoms with Gasteiger partial charge in [-0.15, -0.1) is 0 Å². The SMILES string of the molecule is CCCC(C(=O)Nc1c(C)cccc1C(=O)OCC)[N+]1(CC(=O)OCc2ccccc2)CCCCCC1. The van der Waals surface area contributed by atoms with Crippen LogP contribution >= 0.6 is 0 Å². The van der Waals surface area contributed by atoms with E-state index < -0.39 is 12.0 Å². The third kappa shape index (κ3) is 7.65. The Bertz CT molecular complexity index is 1050. The van der Waals surface area contributed by atoms with Crippen LogP contribution in [0.3, 0.4) is 0 Å². The van der Waals surface area contributed by atoms with Crippen molar-refractivity contribution < 1.29 is 28.3 Å². The first-order valence-electron chi connectivity index (χ1n) is 13.5. The van der Waals surface area contributed by atoms with Crippen LogP contribution < -0.4 is 5.32 Å². The Hall–Kier alpha value is -3.19. The van der Waals surface area contributed by atoms with E-state index >= 15 is 0 Å². The summed E-state index contributed by atoms with van der Waals surface area (Å²) in [4.78, 5) is 39.7. The summed E-state index contributed by atoms with van der Waals surface area (Å²) in [5, 5.41) is 3.07. The summed E-state index contributed by atoms with van der Waals surface area (Å²) < 4.78 is 11.3. The Morgan fingerprint density at radius 1 is 0.919 bits per heavy atom. The minimum atomic E-state index is -0.461. The number of nitrogens with zero attached hydrogens (tertiary/aromatic N) is 1. The number of benzene rings is 2. The van der Waals surface area contributed by atoms with Gasteiger partial charge in [-0.3, -0.25) is 4.79 Å². The van der Waals surface area contributed by atoms with Crippen LogP contribution in [-0.2, 0) is 25.7 Å². The van der Waals surface area contributed by atoms with Gasteiger partial charge in [0.15, 0.2) is 12.6 Å². The van der Waals surface area contributed by atoms with Gasteiger partial charge in [-0.1, -0.05) is 49.4 Å². The normalized spacial score (nSPS) is 15.8. The van der Waals surface area contributed by atoms with Crippen molar-refractivity contribution in [1.82, 2.24) is 0 Å². The maximum Gasteiger partial charge on any atom is 0.362 e. The number of nitrogens with one attached hydrogen (secondary N) is 1. The molecule has 1 aliphatic rings. The standard InChI is InChI=1S/C30H40N2O5/c1-4-14-26(29(34)31-28-23(3)15-13-18-25(28)30(35)36-5-2)32(19-11-6-7-12-20-32)21-27(33)37-22-24-16-9-8-10-17-24/h8-10,13,15-18,26H,4-7,11-12,14,19-22H2,1-3H3/p+1. The van der Waals surface area contributed by atoms with E-state index in [0.717, 1.165) is 56.3 Å². The van der Waals surface area contributed by atoms with Gasteiger partial charge in [0.1, 0.15) is 6.61 Å². The van der Waals surface area contributed by atoms with E-state index in [4.69, 9.17) is 9.47 Å². The molecule has 0 spiro atoms. The van der Waals surface area contributed by atoms with Gasteiger partial charge in [0, 0.05) is 6.42 Å². The number of carbonyl (C=O) groups excluding carboxylic acids is 3. The summed E-state index contributed by atoms with van der Waals surface area (Å²) in [5.41, 5.74) is 2.55. The molecule has 0 aromatic heterocycles. The Labute approximate surface area is 220 Å². The lowest BCUT2D eigenvalue weighted by molar-refractivity contribution is -0.935. The number of carbonyl (C=O) groups is 3. The predicted molar refractivity (Wildman–Crippen MR) is 144 cm³/mol. The molecule has 200 valence electrons. The summed E-state index contributed by atoms with van der Waals surface area (Å²) in [6, 6.07) is 14.5. The number of hydrogen-bond donors (Lipinski definition) is 1. The Morgan fingerprint density at radius 2 is 1.62 bits per heavy atom. The first-order chi connectivity index (χ1) is 17.9. The number of esters is 2. The first-order valence-corrected chi connectivity index (χ1v) is 13.5. The average molecular weight is 510 g/mol. The molecular weight excluding hydrogens is 468 g/mol. The number of quaternary nitrogens is 1. The van der Waals surface area contributed by atoms with Gasteiger partial charge >= 0.3 is 11.9 Å². The largest absolute Gasteiger partial charge is 0.462 e. The molecule has 1 heterocycles. The number of para-hydroxylation sites is 1. The van der Waals surface area contributed by atoms with Crippen LogP contribution in [0.1, 0.15) is 73.9 Å². The fourth-order valence-corrected chi connectivity index (χ4v) is 5.29. The Kier molecular flexibility index (Phi) is 10.7. The first kappa shape index (κ1) is 28.4. The summed E-state index contributed by atoms with van der Waals surface area (Å²) in [7, 11) is 0. The highest BCUT2D eigenvalue weighted by molar-refractivity contribution is 6.03. The summed E-state index contributed by atoms with van der Waals surface area (Å²) >= 11 is 0. The topological polar surface area (TPSA) is 81.7 Å². The molecule has 7 nitrogen and oxygen atoms in total. The van der Waals surface area contributed by atoms with Gasteiger partial charge in [0.25, 0.3) is 5.91 Å². The second-order valence-electron chi connectivity index (χ2n) is 9.90. The van der Waals surface area contributed by atoms with Crippen LogP contribution in [0.2, 0.25) is 0 Å². The second kappa shape index (κ2) is 13.9.